The van der Waals surface area contributed by atoms with E-state index in [0.717, 1.165) is 5.56 Å². The van der Waals surface area contributed by atoms with Crippen molar-refractivity contribution < 1.29 is 29.4 Å². The average molecular weight is 475 g/mol. The van der Waals surface area contributed by atoms with Gasteiger partial charge in [0.15, 0.2) is 0 Å². The summed E-state index contributed by atoms with van der Waals surface area (Å²) in [7, 11) is 0. The van der Waals surface area contributed by atoms with Crippen LogP contribution in [0.15, 0.2) is 54.6 Å². The lowest BCUT2D eigenvalue weighted by atomic mass is 9.83. The SMILES string of the molecule is CC(C)(C(=O)N[C@@H](Cc1ccccc1)C(=O)N[C@H](CCC(=O)O)C(=O)O)c1ccc(Cl)cc1. The maximum atomic E-state index is 13.2. The quantitative estimate of drug-likeness (QED) is 0.396. The molecule has 2 aromatic carbocycles. The van der Waals surface area contributed by atoms with E-state index in [0.29, 0.717) is 10.6 Å². The van der Waals surface area contributed by atoms with Crippen molar-refractivity contribution in [3.05, 3.63) is 70.7 Å². The molecule has 2 aromatic rings. The zero-order valence-electron chi connectivity index (χ0n) is 18.4. The fourth-order valence-corrected chi connectivity index (χ4v) is 3.32. The lowest BCUT2D eigenvalue weighted by Gasteiger charge is -2.28. The molecule has 2 atom stereocenters. The highest BCUT2D eigenvalue weighted by Crippen LogP contribution is 2.25. The summed E-state index contributed by atoms with van der Waals surface area (Å²) in [6, 6.07) is 13.3. The van der Waals surface area contributed by atoms with Gasteiger partial charge in [-0.15, -0.1) is 0 Å². The fraction of sp³-hybridized carbons (Fsp3) is 0.333. The number of carboxylic acids is 2. The van der Waals surface area contributed by atoms with Crippen molar-refractivity contribution in [3.63, 3.8) is 0 Å². The number of carbonyl (C=O) groups is 4. The van der Waals surface area contributed by atoms with E-state index in [1.165, 1.54) is 0 Å². The van der Waals surface area contributed by atoms with Gasteiger partial charge in [0.25, 0.3) is 0 Å². The second kappa shape index (κ2) is 11.5. The van der Waals surface area contributed by atoms with Crippen molar-refractivity contribution in [2.75, 3.05) is 0 Å². The molecule has 0 saturated carbocycles. The Balaban J connectivity index is 2.24. The molecule has 2 amide bonds. The van der Waals surface area contributed by atoms with Crippen LogP contribution in [-0.2, 0) is 31.0 Å². The molecule has 4 N–H and O–H groups in total. The normalized spacial score (nSPS) is 12.9. The summed E-state index contributed by atoms with van der Waals surface area (Å²) in [5, 5.41) is 23.9. The number of hydrogen-bond donors (Lipinski definition) is 4. The van der Waals surface area contributed by atoms with Gasteiger partial charge in [-0.2, -0.15) is 0 Å². The molecule has 0 spiro atoms. The monoisotopic (exact) mass is 474 g/mol. The highest BCUT2D eigenvalue weighted by molar-refractivity contribution is 6.30. The van der Waals surface area contributed by atoms with E-state index in [9.17, 15) is 24.3 Å². The van der Waals surface area contributed by atoms with Gasteiger partial charge in [-0.05, 0) is 43.5 Å². The molecule has 0 heterocycles. The van der Waals surface area contributed by atoms with Crippen molar-refractivity contribution in [3.8, 4) is 0 Å². The number of hydrogen-bond acceptors (Lipinski definition) is 4. The van der Waals surface area contributed by atoms with Gasteiger partial charge in [0.1, 0.15) is 12.1 Å². The molecule has 0 aliphatic rings. The lowest BCUT2D eigenvalue weighted by molar-refractivity contribution is -0.143. The van der Waals surface area contributed by atoms with Crippen LogP contribution in [0.1, 0.15) is 37.8 Å². The summed E-state index contributed by atoms with van der Waals surface area (Å²) < 4.78 is 0. The van der Waals surface area contributed by atoms with Gasteiger partial charge < -0.3 is 20.8 Å². The number of rotatable bonds is 11. The lowest BCUT2D eigenvalue weighted by Crippen LogP contribution is -2.55. The Hall–Kier alpha value is -3.39. The number of carboxylic acid groups (broad SMARTS) is 2. The zero-order valence-corrected chi connectivity index (χ0v) is 19.1. The minimum absolute atomic E-state index is 0.125. The zero-order chi connectivity index (χ0) is 24.6. The summed E-state index contributed by atoms with van der Waals surface area (Å²) in [4.78, 5) is 48.5. The third-order valence-corrected chi connectivity index (χ3v) is 5.55. The summed E-state index contributed by atoms with van der Waals surface area (Å²) in [5.41, 5.74) is 0.447. The van der Waals surface area contributed by atoms with E-state index < -0.39 is 47.7 Å². The molecule has 0 radical (unpaired) electrons. The van der Waals surface area contributed by atoms with Crippen molar-refractivity contribution in [1.29, 1.82) is 0 Å². The van der Waals surface area contributed by atoms with Crippen LogP contribution in [-0.4, -0.2) is 46.0 Å². The molecule has 0 aliphatic carbocycles. The number of halogens is 1. The van der Waals surface area contributed by atoms with Crippen molar-refractivity contribution in [2.45, 2.75) is 50.6 Å². The molecule has 0 aromatic heterocycles. The molecule has 8 nitrogen and oxygen atoms in total. The summed E-state index contributed by atoms with van der Waals surface area (Å²) in [5.74, 6) is -3.67. The minimum atomic E-state index is -1.40. The summed E-state index contributed by atoms with van der Waals surface area (Å²) in [6.07, 6.45) is -0.574. The standard InChI is InChI=1S/C24H27ClN2O6/c1-24(2,16-8-10-17(25)11-9-16)23(33)27-19(14-15-6-4-3-5-7-15)21(30)26-18(22(31)32)12-13-20(28)29/h3-11,18-19H,12-14H2,1-2H3,(H,26,30)(H,27,33)(H,28,29)(H,31,32)/t18-,19+/m1/s1. The largest absolute Gasteiger partial charge is 0.481 e. The van der Waals surface area contributed by atoms with Crippen LogP contribution in [0.3, 0.4) is 0 Å². The van der Waals surface area contributed by atoms with Crippen LogP contribution < -0.4 is 10.6 Å². The van der Waals surface area contributed by atoms with Crippen molar-refractivity contribution in [1.82, 2.24) is 10.6 Å². The van der Waals surface area contributed by atoms with Crippen LogP contribution >= 0.6 is 11.6 Å². The second-order valence-corrected chi connectivity index (χ2v) is 8.62. The van der Waals surface area contributed by atoms with Crippen LogP contribution in [0.4, 0.5) is 0 Å². The molecule has 9 heteroatoms. The molecule has 33 heavy (non-hydrogen) atoms. The molecule has 0 saturated heterocycles. The predicted octanol–water partition coefficient (Wildman–Crippen LogP) is 2.78. The maximum absolute atomic E-state index is 13.2. The highest BCUT2D eigenvalue weighted by atomic mass is 35.5. The van der Waals surface area contributed by atoms with Gasteiger partial charge >= 0.3 is 11.9 Å². The van der Waals surface area contributed by atoms with E-state index in [1.807, 2.05) is 6.07 Å². The number of aliphatic carboxylic acids is 2. The van der Waals surface area contributed by atoms with Gasteiger partial charge in [-0.25, -0.2) is 4.79 Å². The molecule has 0 bridgehead atoms. The minimum Gasteiger partial charge on any atom is -0.481 e. The van der Waals surface area contributed by atoms with E-state index in [-0.39, 0.29) is 12.8 Å². The van der Waals surface area contributed by atoms with E-state index in [1.54, 1.807) is 62.4 Å². The third-order valence-electron chi connectivity index (χ3n) is 5.30. The molecule has 2 rings (SSSR count). The Labute approximate surface area is 197 Å². The van der Waals surface area contributed by atoms with Crippen LogP contribution in [0.5, 0.6) is 0 Å². The highest BCUT2D eigenvalue weighted by Gasteiger charge is 2.34. The number of amides is 2. The van der Waals surface area contributed by atoms with E-state index in [4.69, 9.17) is 16.7 Å². The van der Waals surface area contributed by atoms with Gasteiger partial charge in [0, 0.05) is 17.9 Å². The van der Waals surface area contributed by atoms with Crippen molar-refractivity contribution in [2.24, 2.45) is 0 Å². The average Bonchev–Trinajstić information content (AvgIpc) is 2.76. The van der Waals surface area contributed by atoms with Crippen LogP contribution in [0.2, 0.25) is 5.02 Å². The van der Waals surface area contributed by atoms with Crippen molar-refractivity contribution >= 4 is 35.4 Å². The first-order valence-corrected chi connectivity index (χ1v) is 10.7. The van der Waals surface area contributed by atoms with Gasteiger partial charge in [-0.3, -0.25) is 14.4 Å². The van der Waals surface area contributed by atoms with E-state index in [2.05, 4.69) is 10.6 Å². The molecular weight excluding hydrogens is 448 g/mol. The predicted molar refractivity (Wildman–Crippen MR) is 123 cm³/mol. The summed E-state index contributed by atoms with van der Waals surface area (Å²) >= 11 is 5.94. The Bertz CT molecular complexity index is 992. The Kier molecular flexibility index (Phi) is 8.99. The third kappa shape index (κ3) is 7.61. The van der Waals surface area contributed by atoms with Gasteiger partial charge in [0.05, 0.1) is 5.41 Å². The van der Waals surface area contributed by atoms with E-state index >= 15 is 0 Å². The smallest absolute Gasteiger partial charge is 0.326 e. The Morgan fingerprint density at radius 3 is 2.06 bits per heavy atom. The molecule has 0 aliphatic heterocycles. The topological polar surface area (TPSA) is 133 Å². The second-order valence-electron chi connectivity index (χ2n) is 8.18. The molecule has 0 fully saturated rings. The fourth-order valence-electron chi connectivity index (χ4n) is 3.19. The van der Waals surface area contributed by atoms with Crippen LogP contribution in [0.25, 0.3) is 0 Å². The van der Waals surface area contributed by atoms with Gasteiger partial charge in [-0.1, -0.05) is 54.1 Å². The molecular formula is C24H27ClN2O6. The summed E-state index contributed by atoms with van der Waals surface area (Å²) in [6.45, 7) is 3.41. The van der Waals surface area contributed by atoms with Crippen LogP contribution in [0, 0.1) is 0 Å². The number of nitrogens with one attached hydrogen (secondary N) is 2. The maximum Gasteiger partial charge on any atom is 0.326 e. The first-order chi connectivity index (χ1) is 15.5. The molecule has 0 unspecified atom stereocenters. The first-order valence-electron chi connectivity index (χ1n) is 10.4. The number of carbonyl (C=O) groups excluding carboxylic acids is 2. The Morgan fingerprint density at radius 2 is 1.52 bits per heavy atom. The molecule has 176 valence electrons. The first kappa shape index (κ1) is 25.9. The Morgan fingerprint density at radius 1 is 0.909 bits per heavy atom. The number of benzene rings is 2. The van der Waals surface area contributed by atoms with Gasteiger partial charge in [0.2, 0.25) is 11.8 Å².